The first-order chi connectivity index (χ1) is 14.8. The number of nitrogens with one attached hydrogen (secondary N) is 1. The molecule has 1 fully saturated rings. The summed E-state index contributed by atoms with van der Waals surface area (Å²) in [4.78, 5) is 16.6. The maximum Gasteiger partial charge on any atom is 0.573 e. The Bertz CT molecular complexity index is 851. The third-order valence-electron chi connectivity index (χ3n) is 4.87. The molecule has 0 aromatic heterocycles. The van der Waals surface area contributed by atoms with Gasteiger partial charge in [0.15, 0.2) is 0 Å². The predicted molar refractivity (Wildman–Crippen MR) is 111 cm³/mol. The molecule has 1 aliphatic heterocycles. The molecule has 1 aliphatic rings. The van der Waals surface area contributed by atoms with Crippen molar-refractivity contribution >= 4 is 11.6 Å². The van der Waals surface area contributed by atoms with Crippen LogP contribution in [0, 0.1) is 6.92 Å². The fourth-order valence-electron chi connectivity index (χ4n) is 3.31. The molecule has 1 amide bonds. The first-order valence-electron chi connectivity index (χ1n) is 10.1. The number of anilines is 1. The number of aryl methyl sites for hydroxylation is 1. The fraction of sp³-hybridized carbons (Fsp3) is 0.409. The van der Waals surface area contributed by atoms with Crippen LogP contribution in [0.3, 0.4) is 0 Å². The van der Waals surface area contributed by atoms with Crippen LogP contribution in [0.2, 0.25) is 0 Å². The molecule has 0 radical (unpaired) electrons. The van der Waals surface area contributed by atoms with Crippen LogP contribution in [0.1, 0.15) is 5.56 Å². The zero-order valence-corrected chi connectivity index (χ0v) is 17.3. The highest BCUT2D eigenvalue weighted by molar-refractivity contribution is 5.92. The second-order valence-corrected chi connectivity index (χ2v) is 7.40. The van der Waals surface area contributed by atoms with E-state index in [1.165, 1.54) is 24.3 Å². The van der Waals surface area contributed by atoms with E-state index in [0.717, 1.165) is 44.0 Å². The maximum absolute atomic E-state index is 12.2. The summed E-state index contributed by atoms with van der Waals surface area (Å²) >= 11 is 0. The van der Waals surface area contributed by atoms with Crippen LogP contribution in [-0.4, -0.2) is 67.9 Å². The van der Waals surface area contributed by atoms with Crippen LogP contribution >= 0.6 is 0 Å². The van der Waals surface area contributed by atoms with Gasteiger partial charge in [0.2, 0.25) is 5.91 Å². The molecule has 9 heteroatoms. The lowest BCUT2D eigenvalue weighted by atomic mass is 10.2. The van der Waals surface area contributed by atoms with E-state index in [1.807, 2.05) is 36.1 Å². The smallest absolute Gasteiger partial charge is 0.492 e. The predicted octanol–water partition coefficient (Wildman–Crippen LogP) is 3.53. The zero-order chi connectivity index (χ0) is 22.3. The summed E-state index contributed by atoms with van der Waals surface area (Å²) in [6, 6.07) is 13.0. The highest BCUT2D eigenvalue weighted by Gasteiger charge is 2.31. The average Bonchev–Trinajstić information content (AvgIpc) is 2.70. The van der Waals surface area contributed by atoms with Crippen LogP contribution < -0.4 is 14.8 Å². The van der Waals surface area contributed by atoms with Crippen molar-refractivity contribution in [3.8, 4) is 11.5 Å². The Hall–Kier alpha value is -2.78. The van der Waals surface area contributed by atoms with Gasteiger partial charge in [-0.2, -0.15) is 0 Å². The number of carbonyl (C=O) groups excluding carboxylic acids is 1. The molecular formula is C22H26F3N3O3. The molecular weight excluding hydrogens is 411 g/mol. The number of piperazine rings is 1. The molecule has 6 nitrogen and oxygen atoms in total. The number of amides is 1. The highest BCUT2D eigenvalue weighted by atomic mass is 19.4. The molecule has 0 spiro atoms. The minimum Gasteiger partial charge on any atom is -0.492 e. The van der Waals surface area contributed by atoms with E-state index in [2.05, 4.69) is 15.0 Å². The molecule has 31 heavy (non-hydrogen) atoms. The van der Waals surface area contributed by atoms with Crippen LogP contribution in [0.5, 0.6) is 11.5 Å². The van der Waals surface area contributed by atoms with Gasteiger partial charge in [0, 0.05) is 38.4 Å². The number of alkyl halides is 3. The average molecular weight is 437 g/mol. The lowest BCUT2D eigenvalue weighted by Crippen LogP contribution is -2.49. The normalized spacial score (nSPS) is 15.5. The number of rotatable bonds is 8. The van der Waals surface area contributed by atoms with E-state index in [4.69, 9.17) is 4.74 Å². The molecule has 0 atom stereocenters. The quantitative estimate of drug-likeness (QED) is 0.685. The Morgan fingerprint density at radius 3 is 2.32 bits per heavy atom. The van der Waals surface area contributed by atoms with E-state index in [-0.39, 0.29) is 18.2 Å². The molecule has 0 aliphatic carbocycles. The van der Waals surface area contributed by atoms with Crippen LogP contribution in [0.4, 0.5) is 18.9 Å². The second kappa shape index (κ2) is 10.5. The van der Waals surface area contributed by atoms with Crippen molar-refractivity contribution in [3.63, 3.8) is 0 Å². The molecule has 168 valence electrons. The standard InChI is InChI=1S/C22H26F3N3O3/c1-17-3-2-4-20(15-17)30-14-13-27-9-11-28(12-10-27)16-21(29)26-18-5-7-19(8-6-18)31-22(23,24)25/h2-8,15H,9-14,16H2,1H3,(H,26,29). The van der Waals surface area contributed by atoms with Gasteiger partial charge in [-0.05, 0) is 48.9 Å². The van der Waals surface area contributed by atoms with Gasteiger partial charge >= 0.3 is 6.36 Å². The van der Waals surface area contributed by atoms with Gasteiger partial charge in [0.1, 0.15) is 18.1 Å². The Morgan fingerprint density at radius 2 is 1.68 bits per heavy atom. The molecule has 0 saturated carbocycles. The zero-order valence-electron chi connectivity index (χ0n) is 17.3. The van der Waals surface area contributed by atoms with Crippen LogP contribution in [0.25, 0.3) is 0 Å². The summed E-state index contributed by atoms with van der Waals surface area (Å²) in [6.07, 6.45) is -4.74. The Kier molecular flexibility index (Phi) is 7.75. The SMILES string of the molecule is Cc1cccc(OCCN2CCN(CC(=O)Nc3ccc(OC(F)(F)F)cc3)CC2)c1. The first-order valence-corrected chi connectivity index (χ1v) is 10.1. The molecule has 1 N–H and O–H groups in total. The second-order valence-electron chi connectivity index (χ2n) is 7.40. The molecule has 2 aromatic rings. The number of benzene rings is 2. The lowest BCUT2D eigenvalue weighted by molar-refractivity contribution is -0.274. The number of halogens is 3. The van der Waals surface area contributed by atoms with Crippen molar-refractivity contribution in [2.75, 3.05) is 51.2 Å². The Labute approximate surface area is 179 Å². The summed E-state index contributed by atoms with van der Waals surface area (Å²) in [5.41, 5.74) is 1.58. The third-order valence-corrected chi connectivity index (χ3v) is 4.87. The maximum atomic E-state index is 12.2. The Balaban J connectivity index is 1.34. The molecule has 1 heterocycles. The van der Waals surface area contributed by atoms with Crippen molar-refractivity contribution in [2.24, 2.45) is 0 Å². The molecule has 3 rings (SSSR count). The van der Waals surface area contributed by atoms with Crippen molar-refractivity contribution in [2.45, 2.75) is 13.3 Å². The number of ether oxygens (including phenoxy) is 2. The van der Waals surface area contributed by atoms with Crippen molar-refractivity contribution < 1.29 is 27.4 Å². The van der Waals surface area contributed by atoms with Gasteiger partial charge in [-0.3, -0.25) is 14.6 Å². The van der Waals surface area contributed by atoms with Gasteiger partial charge in [-0.15, -0.1) is 13.2 Å². The van der Waals surface area contributed by atoms with Gasteiger partial charge in [-0.25, -0.2) is 0 Å². The minimum absolute atomic E-state index is 0.208. The van der Waals surface area contributed by atoms with Gasteiger partial charge < -0.3 is 14.8 Å². The molecule has 0 bridgehead atoms. The van der Waals surface area contributed by atoms with Crippen LogP contribution in [0.15, 0.2) is 48.5 Å². The molecule has 0 unspecified atom stereocenters. The number of hydrogen-bond acceptors (Lipinski definition) is 5. The monoisotopic (exact) mass is 437 g/mol. The number of nitrogens with zero attached hydrogens (tertiary/aromatic N) is 2. The Morgan fingerprint density at radius 1 is 1.00 bits per heavy atom. The van der Waals surface area contributed by atoms with Crippen LogP contribution in [-0.2, 0) is 4.79 Å². The van der Waals surface area contributed by atoms with E-state index >= 15 is 0 Å². The van der Waals surface area contributed by atoms with E-state index < -0.39 is 6.36 Å². The van der Waals surface area contributed by atoms with E-state index in [0.29, 0.717) is 12.3 Å². The summed E-state index contributed by atoms with van der Waals surface area (Å²) in [5, 5.41) is 2.70. The first kappa shape index (κ1) is 22.9. The summed E-state index contributed by atoms with van der Waals surface area (Å²) in [7, 11) is 0. The van der Waals surface area contributed by atoms with Crippen molar-refractivity contribution in [3.05, 3.63) is 54.1 Å². The molecule has 2 aromatic carbocycles. The third kappa shape index (κ3) is 8.10. The number of hydrogen-bond donors (Lipinski definition) is 1. The fourth-order valence-corrected chi connectivity index (χ4v) is 3.31. The topological polar surface area (TPSA) is 54.0 Å². The summed E-state index contributed by atoms with van der Waals surface area (Å²) in [6.45, 7) is 6.89. The largest absolute Gasteiger partial charge is 0.573 e. The van der Waals surface area contributed by atoms with E-state index in [1.54, 1.807) is 0 Å². The number of carbonyl (C=O) groups is 1. The van der Waals surface area contributed by atoms with E-state index in [9.17, 15) is 18.0 Å². The molecule has 1 saturated heterocycles. The van der Waals surface area contributed by atoms with Crippen molar-refractivity contribution in [1.29, 1.82) is 0 Å². The lowest BCUT2D eigenvalue weighted by Gasteiger charge is -2.34. The summed E-state index contributed by atoms with van der Waals surface area (Å²) < 4.78 is 46.2. The minimum atomic E-state index is -4.74. The van der Waals surface area contributed by atoms with Crippen molar-refractivity contribution in [1.82, 2.24) is 9.80 Å². The highest BCUT2D eigenvalue weighted by Crippen LogP contribution is 2.24. The van der Waals surface area contributed by atoms with Gasteiger partial charge in [0.05, 0.1) is 6.54 Å². The van der Waals surface area contributed by atoms with Gasteiger partial charge in [-0.1, -0.05) is 12.1 Å². The van der Waals surface area contributed by atoms with Gasteiger partial charge in [0.25, 0.3) is 0 Å². The summed E-state index contributed by atoms with van der Waals surface area (Å²) in [5.74, 6) is 0.335.